The molecule has 0 spiro atoms. The van der Waals surface area contributed by atoms with Gasteiger partial charge in [-0.3, -0.25) is 0 Å². The second-order valence-corrected chi connectivity index (χ2v) is 8.06. The molecule has 1 aromatic carbocycles. The molecule has 0 N–H and O–H groups in total. The molecule has 0 aliphatic carbocycles. The molecule has 0 aliphatic rings. The summed E-state index contributed by atoms with van der Waals surface area (Å²) >= 11 is 3.47. The van der Waals surface area contributed by atoms with Crippen molar-refractivity contribution in [3.05, 3.63) is 34.3 Å². The first-order valence-corrected chi connectivity index (χ1v) is 10.3. The summed E-state index contributed by atoms with van der Waals surface area (Å²) in [5, 5.41) is 0. The average molecular weight is 359 g/mol. The number of hydrogen-bond donors (Lipinski definition) is 0. The highest BCUT2D eigenvalue weighted by atomic mass is 79.9. The van der Waals surface area contributed by atoms with Crippen molar-refractivity contribution in [3.8, 4) is 0 Å². The SMILES string of the molecule is CCCCO[SiH](CCc1ccc(Br)cc1)OCCCC. The van der Waals surface area contributed by atoms with Gasteiger partial charge in [0.15, 0.2) is 0 Å². The molecule has 1 rings (SSSR count). The summed E-state index contributed by atoms with van der Waals surface area (Å²) in [7, 11) is -1.49. The van der Waals surface area contributed by atoms with Crippen molar-refractivity contribution in [2.75, 3.05) is 13.2 Å². The summed E-state index contributed by atoms with van der Waals surface area (Å²) in [6, 6.07) is 9.61. The maximum atomic E-state index is 5.98. The van der Waals surface area contributed by atoms with Crippen LogP contribution in [0.3, 0.4) is 0 Å². The van der Waals surface area contributed by atoms with Crippen LogP contribution in [0.25, 0.3) is 0 Å². The number of hydrogen-bond acceptors (Lipinski definition) is 2. The normalized spacial score (nSPS) is 11.2. The van der Waals surface area contributed by atoms with Crippen LogP contribution in [0.5, 0.6) is 0 Å². The van der Waals surface area contributed by atoms with Gasteiger partial charge in [-0.25, -0.2) is 0 Å². The molecule has 4 heteroatoms. The molecule has 0 amide bonds. The molecule has 0 saturated carbocycles. The van der Waals surface area contributed by atoms with Crippen LogP contribution in [0.4, 0.5) is 0 Å². The van der Waals surface area contributed by atoms with Crippen molar-refractivity contribution in [1.29, 1.82) is 0 Å². The van der Waals surface area contributed by atoms with Crippen molar-refractivity contribution in [1.82, 2.24) is 0 Å². The van der Waals surface area contributed by atoms with E-state index in [1.165, 1.54) is 18.4 Å². The van der Waals surface area contributed by atoms with Gasteiger partial charge in [0.25, 0.3) is 0 Å². The van der Waals surface area contributed by atoms with Crippen LogP contribution in [0.15, 0.2) is 28.7 Å². The Morgan fingerprint density at radius 2 is 1.50 bits per heavy atom. The minimum atomic E-state index is -1.49. The van der Waals surface area contributed by atoms with E-state index >= 15 is 0 Å². The van der Waals surface area contributed by atoms with Crippen molar-refractivity contribution in [3.63, 3.8) is 0 Å². The van der Waals surface area contributed by atoms with Crippen LogP contribution in [-0.2, 0) is 15.3 Å². The average Bonchev–Trinajstić information content (AvgIpc) is 2.46. The molecule has 0 heterocycles. The fraction of sp³-hybridized carbons (Fsp3) is 0.625. The fourth-order valence-corrected chi connectivity index (χ4v) is 3.99. The van der Waals surface area contributed by atoms with Gasteiger partial charge in [-0.1, -0.05) is 54.8 Å². The molecule has 0 aliphatic heterocycles. The Kier molecular flexibility index (Phi) is 10.3. The predicted molar refractivity (Wildman–Crippen MR) is 91.5 cm³/mol. The Morgan fingerprint density at radius 3 is 2.00 bits per heavy atom. The van der Waals surface area contributed by atoms with E-state index in [2.05, 4.69) is 54.0 Å². The van der Waals surface area contributed by atoms with Gasteiger partial charge in [0.1, 0.15) is 0 Å². The molecule has 0 bridgehead atoms. The number of benzene rings is 1. The zero-order valence-electron chi connectivity index (χ0n) is 12.7. The Morgan fingerprint density at radius 1 is 0.950 bits per heavy atom. The van der Waals surface area contributed by atoms with Crippen molar-refractivity contribution in [2.24, 2.45) is 0 Å². The highest BCUT2D eigenvalue weighted by molar-refractivity contribution is 9.10. The lowest BCUT2D eigenvalue weighted by Crippen LogP contribution is -2.24. The summed E-state index contributed by atoms with van der Waals surface area (Å²) in [6.45, 7) is 6.11. The van der Waals surface area contributed by atoms with Gasteiger partial charge in [0, 0.05) is 17.7 Å². The molecular formula is C16H27BrO2Si. The standard InChI is InChI=1S/C16H27BrO2Si/c1-3-5-12-18-20(19-13-6-4-2)14-11-15-7-9-16(17)10-8-15/h7-10,20H,3-6,11-14H2,1-2H3. The molecule has 0 saturated heterocycles. The summed E-state index contributed by atoms with van der Waals surface area (Å²) in [6.07, 6.45) is 5.70. The van der Waals surface area contributed by atoms with E-state index in [1.807, 2.05) is 0 Å². The summed E-state index contributed by atoms with van der Waals surface area (Å²) in [4.78, 5) is 0. The van der Waals surface area contributed by atoms with E-state index in [0.717, 1.165) is 43.0 Å². The van der Waals surface area contributed by atoms with Crippen LogP contribution >= 0.6 is 15.9 Å². The van der Waals surface area contributed by atoms with E-state index in [0.29, 0.717) is 0 Å². The van der Waals surface area contributed by atoms with Gasteiger partial charge >= 0.3 is 9.28 Å². The Balaban J connectivity index is 2.35. The lowest BCUT2D eigenvalue weighted by molar-refractivity contribution is 0.191. The lowest BCUT2D eigenvalue weighted by atomic mass is 10.2. The summed E-state index contributed by atoms with van der Waals surface area (Å²) < 4.78 is 13.1. The van der Waals surface area contributed by atoms with Gasteiger partial charge in [-0.15, -0.1) is 0 Å². The predicted octanol–water partition coefficient (Wildman–Crippen LogP) is 4.85. The third kappa shape index (κ3) is 8.20. The van der Waals surface area contributed by atoms with Crippen molar-refractivity contribution in [2.45, 2.75) is 52.0 Å². The van der Waals surface area contributed by atoms with E-state index in [-0.39, 0.29) is 0 Å². The zero-order chi connectivity index (χ0) is 14.6. The molecule has 2 nitrogen and oxygen atoms in total. The van der Waals surface area contributed by atoms with E-state index < -0.39 is 9.28 Å². The number of unbranched alkanes of at least 4 members (excludes halogenated alkanes) is 2. The molecule has 0 atom stereocenters. The topological polar surface area (TPSA) is 18.5 Å². The monoisotopic (exact) mass is 358 g/mol. The van der Waals surface area contributed by atoms with Crippen LogP contribution in [0.2, 0.25) is 6.04 Å². The smallest absolute Gasteiger partial charge is 0.321 e. The van der Waals surface area contributed by atoms with Crippen LogP contribution in [0.1, 0.15) is 45.1 Å². The Labute approximate surface area is 133 Å². The number of rotatable bonds is 11. The molecular weight excluding hydrogens is 332 g/mol. The molecule has 0 radical (unpaired) electrons. The number of halogens is 1. The van der Waals surface area contributed by atoms with Crippen LogP contribution in [0, 0.1) is 0 Å². The van der Waals surface area contributed by atoms with Gasteiger partial charge < -0.3 is 8.85 Å². The van der Waals surface area contributed by atoms with Crippen molar-refractivity contribution >= 4 is 25.2 Å². The summed E-state index contributed by atoms with van der Waals surface area (Å²) in [5.41, 5.74) is 1.36. The Hall–Kier alpha value is -0.163. The molecule has 114 valence electrons. The third-order valence-electron chi connectivity index (χ3n) is 3.19. The lowest BCUT2D eigenvalue weighted by Gasteiger charge is -2.16. The van der Waals surface area contributed by atoms with E-state index in [4.69, 9.17) is 8.85 Å². The molecule has 0 unspecified atom stereocenters. The first-order chi connectivity index (χ1) is 9.76. The maximum absolute atomic E-state index is 5.98. The quantitative estimate of drug-likeness (QED) is 0.416. The minimum absolute atomic E-state index is 0.861. The zero-order valence-corrected chi connectivity index (χ0v) is 15.5. The van der Waals surface area contributed by atoms with Crippen molar-refractivity contribution < 1.29 is 8.85 Å². The molecule has 0 fully saturated rings. The minimum Gasteiger partial charge on any atom is -0.397 e. The fourth-order valence-electron chi connectivity index (χ4n) is 1.87. The van der Waals surface area contributed by atoms with Gasteiger partial charge in [-0.2, -0.15) is 0 Å². The van der Waals surface area contributed by atoms with Gasteiger partial charge in [0.05, 0.1) is 0 Å². The highest BCUT2D eigenvalue weighted by Crippen LogP contribution is 2.13. The second-order valence-electron chi connectivity index (χ2n) is 5.04. The number of aryl methyl sites for hydroxylation is 1. The van der Waals surface area contributed by atoms with E-state index in [1.54, 1.807) is 0 Å². The van der Waals surface area contributed by atoms with Crippen LogP contribution in [-0.4, -0.2) is 22.5 Å². The molecule has 20 heavy (non-hydrogen) atoms. The maximum Gasteiger partial charge on any atom is 0.321 e. The van der Waals surface area contributed by atoms with E-state index in [9.17, 15) is 0 Å². The van der Waals surface area contributed by atoms with Gasteiger partial charge in [-0.05, 0) is 43.0 Å². The second kappa shape index (κ2) is 11.5. The first kappa shape index (κ1) is 17.9. The first-order valence-electron chi connectivity index (χ1n) is 7.74. The largest absolute Gasteiger partial charge is 0.397 e. The molecule has 0 aromatic heterocycles. The third-order valence-corrected chi connectivity index (χ3v) is 5.69. The van der Waals surface area contributed by atoms with Gasteiger partial charge in [0.2, 0.25) is 0 Å². The van der Waals surface area contributed by atoms with Crippen LogP contribution < -0.4 is 0 Å². The highest BCUT2D eigenvalue weighted by Gasteiger charge is 2.13. The Bertz CT molecular complexity index is 333. The molecule has 1 aromatic rings. The summed E-state index contributed by atoms with van der Waals surface area (Å²) in [5.74, 6) is 0.